The molecule has 2 aromatic rings. The number of allylic oxidation sites excluding steroid dienone is 4. The molecule has 0 bridgehead atoms. The lowest BCUT2D eigenvalue weighted by Gasteiger charge is -2.22. The number of rotatable bonds is 3. The second-order valence-corrected chi connectivity index (χ2v) is 6.88. The van der Waals surface area contributed by atoms with Crippen LogP contribution in [0.4, 0.5) is 0 Å². The summed E-state index contributed by atoms with van der Waals surface area (Å²) < 4.78 is 5.22. The Labute approximate surface area is 161 Å². The molecule has 123 valence electrons. The van der Waals surface area contributed by atoms with Gasteiger partial charge in [0.25, 0.3) is 0 Å². The van der Waals surface area contributed by atoms with Crippen LogP contribution in [0.2, 0.25) is 10.0 Å². The van der Waals surface area contributed by atoms with E-state index in [9.17, 15) is 0 Å². The van der Waals surface area contributed by atoms with E-state index >= 15 is 0 Å². The fourth-order valence-corrected chi connectivity index (χ4v) is 3.41. The lowest BCUT2D eigenvalue weighted by Crippen LogP contribution is -2.01. The molecule has 1 nitrogen and oxygen atoms in total. The minimum absolute atomic E-state index is 0.507. The average Bonchev–Trinajstić information content (AvgIpc) is 2.60. The molecule has 0 saturated carbocycles. The molecular formula is C19H13Cl4O. The second-order valence-electron chi connectivity index (χ2n) is 5.28. The zero-order valence-electron chi connectivity index (χ0n) is 12.7. The fourth-order valence-electron chi connectivity index (χ4n) is 2.64. The van der Waals surface area contributed by atoms with Gasteiger partial charge in [-0.05, 0) is 47.4 Å². The first-order valence-corrected chi connectivity index (χ1v) is 8.74. The predicted octanol–water partition coefficient (Wildman–Crippen LogP) is 7.21. The molecule has 24 heavy (non-hydrogen) atoms. The van der Waals surface area contributed by atoms with E-state index in [2.05, 4.69) is 0 Å². The SMILES string of the molecule is COc1ccc(C2=C(c3ccc(Cl)c(Cl)c3)C[CH]C(Cl)=C2Cl)cc1. The molecule has 0 aliphatic heterocycles. The third kappa shape index (κ3) is 3.45. The van der Waals surface area contributed by atoms with Gasteiger partial charge in [-0.2, -0.15) is 0 Å². The van der Waals surface area contributed by atoms with Gasteiger partial charge in [0, 0.05) is 17.0 Å². The highest BCUT2D eigenvalue weighted by Gasteiger charge is 2.22. The third-order valence-electron chi connectivity index (χ3n) is 3.86. The molecule has 0 aromatic heterocycles. The predicted molar refractivity (Wildman–Crippen MR) is 104 cm³/mol. The van der Waals surface area contributed by atoms with Crippen molar-refractivity contribution in [2.24, 2.45) is 0 Å². The van der Waals surface area contributed by atoms with E-state index in [0.29, 0.717) is 26.5 Å². The highest BCUT2D eigenvalue weighted by Crippen LogP contribution is 2.44. The van der Waals surface area contributed by atoms with E-state index in [4.69, 9.17) is 51.1 Å². The quantitative estimate of drug-likeness (QED) is 0.530. The van der Waals surface area contributed by atoms with Crippen LogP contribution in [0.1, 0.15) is 17.5 Å². The van der Waals surface area contributed by atoms with Gasteiger partial charge in [0.15, 0.2) is 0 Å². The molecule has 0 spiro atoms. The van der Waals surface area contributed by atoms with Crippen molar-refractivity contribution in [1.82, 2.24) is 0 Å². The first kappa shape index (κ1) is 17.7. The van der Waals surface area contributed by atoms with Gasteiger partial charge in [-0.3, -0.25) is 0 Å². The highest BCUT2D eigenvalue weighted by atomic mass is 35.5. The van der Waals surface area contributed by atoms with E-state index < -0.39 is 0 Å². The summed E-state index contributed by atoms with van der Waals surface area (Å²) in [6, 6.07) is 13.3. The van der Waals surface area contributed by atoms with Crippen molar-refractivity contribution >= 4 is 57.5 Å². The van der Waals surface area contributed by atoms with Gasteiger partial charge in [0.2, 0.25) is 0 Å². The van der Waals surface area contributed by atoms with Crippen LogP contribution in [0.5, 0.6) is 5.75 Å². The van der Waals surface area contributed by atoms with E-state index in [0.717, 1.165) is 28.0 Å². The summed E-state index contributed by atoms with van der Waals surface area (Å²) in [5.74, 6) is 0.781. The minimum atomic E-state index is 0.507. The Morgan fingerprint density at radius 1 is 0.833 bits per heavy atom. The first-order chi connectivity index (χ1) is 11.5. The molecule has 0 N–H and O–H groups in total. The van der Waals surface area contributed by atoms with Crippen molar-refractivity contribution in [3.05, 3.63) is 80.1 Å². The molecule has 0 unspecified atom stereocenters. The van der Waals surface area contributed by atoms with Crippen LogP contribution >= 0.6 is 46.4 Å². The number of ether oxygens (including phenoxy) is 1. The second kappa shape index (κ2) is 7.41. The van der Waals surface area contributed by atoms with Gasteiger partial charge < -0.3 is 4.74 Å². The summed E-state index contributed by atoms with van der Waals surface area (Å²) in [6.45, 7) is 0. The zero-order valence-corrected chi connectivity index (χ0v) is 15.8. The van der Waals surface area contributed by atoms with Crippen molar-refractivity contribution in [3.63, 3.8) is 0 Å². The van der Waals surface area contributed by atoms with Crippen LogP contribution in [0.25, 0.3) is 11.1 Å². The van der Waals surface area contributed by atoms with E-state index in [-0.39, 0.29) is 0 Å². The van der Waals surface area contributed by atoms with Crippen molar-refractivity contribution in [1.29, 1.82) is 0 Å². The lowest BCUT2D eigenvalue weighted by atomic mass is 9.87. The Hall–Kier alpha value is -1.12. The van der Waals surface area contributed by atoms with E-state index in [1.807, 2.05) is 42.8 Å². The Morgan fingerprint density at radius 2 is 1.50 bits per heavy atom. The maximum atomic E-state index is 6.53. The number of hydrogen-bond donors (Lipinski definition) is 0. The van der Waals surface area contributed by atoms with Crippen LogP contribution in [-0.4, -0.2) is 7.11 Å². The summed E-state index contributed by atoms with van der Waals surface area (Å²) in [6.07, 6.45) is 2.56. The van der Waals surface area contributed by atoms with Crippen molar-refractivity contribution in [3.8, 4) is 5.75 Å². The Bertz CT molecular complexity index is 835. The molecule has 1 aliphatic carbocycles. The molecule has 0 heterocycles. The number of benzene rings is 2. The summed E-state index contributed by atoms with van der Waals surface area (Å²) in [7, 11) is 1.63. The van der Waals surface area contributed by atoms with Crippen LogP contribution in [0, 0.1) is 6.42 Å². The summed E-state index contributed by atoms with van der Waals surface area (Å²) in [5.41, 5.74) is 3.88. The molecule has 0 saturated heterocycles. The summed E-state index contributed by atoms with van der Waals surface area (Å²) in [4.78, 5) is 0. The van der Waals surface area contributed by atoms with Crippen molar-refractivity contribution < 1.29 is 4.74 Å². The standard InChI is InChI=1S/C19H13Cl4O/c1-24-13-5-2-11(3-6-13)18-14(7-9-16(21)19(18)23)12-4-8-15(20)17(22)10-12/h2-6,8-10H,7H2,1H3. The van der Waals surface area contributed by atoms with Gasteiger partial charge in [-0.15, -0.1) is 0 Å². The number of halogens is 4. The average molecular weight is 399 g/mol. The molecule has 1 radical (unpaired) electrons. The summed E-state index contributed by atoms with van der Waals surface area (Å²) in [5, 5.41) is 2.10. The zero-order chi connectivity index (χ0) is 17.3. The molecule has 0 fully saturated rings. The molecular weight excluding hydrogens is 386 g/mol. The molecule has 1 aliphatic rings. The lowest BCUT2D eigenvalue weighted by molar-refractivity contribution is 0.415. The minimum Gasteiger partial charge on any atom is -0.497 e. The monoisotopic (exact) mass is 397 g/mol. The Kier molecular flexibility index (Phi) is 5.46. The number of hydrogen-bond acceptors (Lipinski definition) is 1. The van der Waals surface area contributed by atoms with Gasteiger partial charge in [0.1, 0.15) is 5.75 Å². The molecule has 2 aromatic carbocycles. The van der Waals surface area contributed by atoms with E-state index in [1.54, 1.807) is 13.2 Å². The fraction of sp³-hybridized carbons (Fsp3) is 0.105. The first-order valence-electron chi connectivity index (χ1n) is 7.23. The van der Waals surface area contributed by atoms with Crippen molar-refractivity contribution in [2.75, 3.05) is 7.11 Å². The Balaban J connectivity index is 2.19. The molecule has 5 heteroatoms. The maximum absolute atomic E-state index is 6.53. The van der Waals surface area contributed by atoms with Gasteiger partial charge in [0.05, 0.1) is 22.2 Å². The van der Waals surface area contributed by atoms with Crippen LogP contribution in [-0.2, 0) is 0 Å². The van der Waals surface area contributed by atoms with Crippen LogP contribution in [0.3, 0.4) is 0 Å². The molecule has 0 amide bonds. The third-order valence-corrected chi connectivity index (χ3v) is 5.43. The van der Waals surface area contributed by atoms with Gasteiger partial charge >= 0.3 is 0 Å². The normalized spacial score (nSPS) is 15.0. The molecule has 0 atom stereocenters. The Morgan fingerprint density at radius 3 is 2.12 bits per heavy atom. The molecule has 3 rings (SSSR count). The van der Waals surface area contributed by atoms with E-state index in [1.165, 1.54) is 0 Å². The van der Waals surface area contributed by atoms with Gasteiger partial charge in [-0.1, -0.05) is 64.6 Å². The smallest absolute Gasteiger partial charge is 0.118 e. The largest absolute Gasteiger partial charge is 0.497 e. The maximum Gasteiger partial charge on any atom is 0.118 e. The topological polar surface area (TPSA) is 9.23 Å². The van der Waals surface area contributed by atoms with Crippen LogP contribution < -0.4 is 4.74 Å². The number of methoxy groups -OCH3 is 1. The van der Waals surface area contributed by atoms with Crippen LogP contribution in [0.15, 0.2) is 52.5 Å². The highest BCUT2D eigenvalue weighted by molar-refractivity contribution is 6.46. The van der Waals surface area contributed by atoms with Crippen molar-refractivity contribution in [2.45, 2.75) is 6.42 Å². The van der Waals surface area contributed by atoms with Gasteiger partial charge in [-0.25, -0.2) is 0 Å². The summed E-state index contributed by atoms with van der Waals surface area (Å²) >= 11 is 25.0.